The standard InChI is InChI=1S/C10H15N3O5/c1-17-4-3-8(9(14)15)12-10(16)11-6-7-2-5-18-13-7/h2,5,8H,3-4,6H2,1H3,(H,14,15)(H2,11,12,16). The van der Waals surface area contributed by atoms with E-state index < -0.39 is 18.0 Å². The lowest BCUT2D eigenvalue weighted by atomic mass is 10.2. The molecule has 8 nitrogen and oxygen atoms in total. The minimum Gasteiger partial charge on any atom is -0.480 e. The molecule has 2 amide bonds. The maximum absolute atomic E-state index is 11.4. The maximum Gasteiger partial charge on any atom is 0.326 e. The topological polar surface area (TPSA) is 114 Å². The molecule has 100 valence electrons. The molecule has 0 aliphatic carbocycles. The number of hydrogen-bond acceptors (Lipinski definition) is 5. The molecule has 3 N–H and O–H groups in total. The van der Waals surface area contributed by atoms with Gasteiger partial charge in [0.15, 0.2) is 0 Å². The average Bonchev–Trinajstić information content (AvgIpc) is 2.84. The molecule has 0 spiro atoms. The van der Waals surface area contributed by atoms with Crippen molar-refractivity contribution >= 4 is 12.0 Å². The first-order chi connectivity index (χ1) is 8.63. The summed E-state index contributed by atoms with van der Waals surface area (Å²) in [6.07, 6.45) is 1.58. The van der Waals surface area contributed by atoms with E-state index in [1.807, 2.05) is 0 Å². The third-order valence-corrected chi connectivity index (χ3v) is 2.14. The number of nitrogens with zero attached hydrogens (tertiary/aromatic N) is 1. The van der Waals surface area contributed by atoms with Crippen LogP contribution in [0.1, 0.15) is 12.1 Å². The zero-order valence-corrected chi connectivity index (χ0v) is 9.88. The summed E-state index contributed by atoms with van der Waals surface area (Å²) in [6, 6.07) is 0.0311. The smallest absolute Gasteiger partial charge is 0.326 e. The monoisotopic (exact) mass is 257 g/mol. The van der Waals surface area contributed by atoms with Crippen LogP contribution < -0.4 is 10.6 Å². The zero-order chi connectivity index (χ0) is 13.4. The molecule has 0 bridgehead atoms. The molecule has 1 heterocycles. The molecule has 8 heteroatoms. The van der Waals surface area contributed by atoms with E-state index in [4.69, 9.17) is 9.84 Å². The summed E-state index contributed by atoms with van der Waals surface area (Å²) in [5, 5.41) is 17.3. The van der Waals surface area contributed by atoms with Crippen LogP contribution in [0.2, 0.25) is 0 Å². The van der Waals surface area contributed by atoms with Gasteiger partial charge in [-0.15, -0.1) is 0 Å². The van der Waals surface area contributed by atoms with E-state index in [9.17, 15) is 9.59 Å². The molecule has 0 radical (unpaired) electrons. The Morgan fingerprint density at radius 2 is 2.39 bits per heavy atom. The second-order valence-corrected chi connectivity index (χ2v) is 3.49. The molecule has 0 saturated carbocycles. The van der Waals surface area contributed by atoms with Gasteiger partial charge in [-0.3, -0.25) is 0 Å². The fourth-order valence-corrected chi connectivity index (χ4v) is 1.20. The molecule has 1 aromatic heterocycles. The third kappa shape index (κ3) is 4.83. The molecule has 0 aromatic carbocycles. The largest absolute Gasteiger partial charge is 0.480 e. The van der Waals surface area contributed by atoms with Crippen LogP contribution >= 0.6 is 0 Å². The van der Waals surface area contributed by atoms with Crippen molar-refractivity contribution in [3.05, 3.63) is 18.0 Å². The van der Waals surface area contributed by atoms with Crippen molar-refractivity contribution in [2.75, 3.05) is 13.7 Å². The number of rotatable bonds is 7. The fourth-order valence-electron chi connectivity index (χ4n) is 1.20. The summed E-state index contributed by atoms with van der Waals surface area (Å²) in [5.74, 6) is -1.11. The van der Waals surface area contributed by atoms with Gasteiger partial charge >= 0.3 is 12.0 Å². The number of amides is 2. The number of methoxy groups -OCH3 is 1. The number of carbonyl (C=O) groups excluding carboxylic acids is 1. The second kappa shape index (κ2) is 7.28. The molecular weight excluding hydrogens is 242 g/mol. The molecule has 1 atom stereocenters. The number of aromatic nitrogens is 1. The van der Waals surface area contributed by atoms with Gasteiger partial charge in [0.1, 0.15) is 18.0 Å². The lowest BCUT2D eigenvalue weighted by Gasteiger charge is -2.14. The van der Waals surface area contributed by atoms with Gasteiger partial charge in [-0.05, 0) is 0 Å². The Bertz CT molecular complexity index is 379. The highest BCUT2D eigenvalue weighted by Crippen LogP contribution is 1.95. The van der Waals surface area contributed by atoms with Crippen molar-refractivity contribution in [1.29, 1.82) is 0 Å². The van der Waals surface area contributed by atoms with Gasteiger partial charge in [-0.1, -0.05) is 5.16 Å². The summed E-state index contributed by atoms with van der Waals surface area (Å²) in [4.78, 5) is 22.3. The van der Waals surface area contributed by atoms with Crippen LogP contribution in [0.4, 0.5) is 4.79 Å². The van der Waals surface area contributed by atoms with Gasteiger partial charge in [0.2, 0.25) is 0 Å². The van der Waals surface area contributed by atoms with Crippen molar-refractivity contribution in [2.24, 2.45) is 0 Å². The van der Waals surface area contributed by atoms with E-state index in [1.165, 1.54) is 13.4 Å². The number of carboxylic acids is 1. The number of carbonyl (C=O) groups is 2. The van der Waals surface area contributed by atoms with Crippen LogP contribution in [0.15, 0.2) is 16.9 Å². The molecular formula is C10H15N3O5. The molecule has 0 saturated heterocycles. The van der Waals surface area contributed by atoms with Crippen molar-refractivity contribution in [3.63, 3.8) is 0 Å². The summed E-state index contributed by atoms with van der Waals surface area (Å²) in [5.41, 5.74) is 0.550. The summed E-state index contributed by atoms with van der Waals surface area (Å²) >= 11 is 0. The van der Waals surface area contributed by atoms with Crippen molar-refractivity contribution in [2.45, 2.75) is 19.0 Å². The number of urea groups is 1. The number of ether oxygens (including phenoxy) is 1. The van der Waals surface area contributed by atoms with E-state index in [-0.39, 0.29) is 19.6 Å². The highest BCUT2D eigenvalue weighted by atomic mass is 16.5. The van der Waals surface area contributed by atoms with Gasteiger partial charge in [-0.25, -0.2) is 9.59 Å². The minimum absolute atomic E-state index is 0.166. The number of aliphatic carboxylic acids is 1. The average molecular weight is 257 g/mol. The SMILES string of the molecule is COCCC(NC(=O)NCc1ccon1)C(=O)O. The lowest BCUT2D eigenvalue weighted by molar-refractivity contribution is -0.139. The predicted octanol–water partition coefficient (Wildman–Crippen LogP) is -0.0365. The van der Waals surface area contributed by atoms with E-state index in [0.29, 0.717) is 5.69 Å². The molecule has 18 heavy (non-hydrogen) atoms. The van der Waals surface area contributed by atoms with Gasteiger partial charge < -0.3 is 25.0 Å². The highest BCUT2D eigenvalue weighted by molar-refractivity contribution is 5.82. The first-order valence-corrected chi connectivity index (χ1v) is 5.29. The highest BCUT2D eigenvalue weighted by Gasteiger charge is 2.19. The normalized spacial score (nSPS) is 11.8. The molecule has 0 aliphatic heterocycles. The summed E-state index contributed by atoms with van der Waals surface area (Å²) in [7, 11) is 1.46. The Balaban J connectivity index is 2.34. The van der Waals surface area contributed by atoms with Gasteiger partial charge in [0.25, 0.3) is 0 Å². The van der Waals surface area contributed by atoms with E-state index in [2.05, 4.69) is 20.3 Å². The third-order valence-electron chi connectivity index (χ3n) is 2.14. The Labute approximate surface area is 103 Å². The molecule has 1 rings (SSSR count). The van der Waals surface area contributed by atoms with Crippen LogP contribution in [-0.4, -0.2) is 42.0 Å². The Kier molecular flexibility index (Phi) is 5.65. The summed E-state index contributed by atoms with van der Waals surface area (Å²) < 4.78 is 9.35. The van der Waals surface area contributed by atoms with Gasteiger partial charge in [-0.2, -0.15) is 0 Å². The quantitative estimate of drug-likeness (QED) is 0.631. The minimum atomic E-state index is -1.11. The Morgan fingerprint density at radius 3 is 2.94 bits per heavy atom. The maximum atomic E-state index is 11.4. The Morgan fingerprint density at radius 1 is 1.61 bits per heavy atom. The summed E-state index contributed by atoms with van der Waals surface area (Å²) in [6.45, 7) is 0.416. The number of hydrogen-bond donors (Lipinski definition) is 3. The molecule has 1 unspecified atom stereocenters. The van der Waals surface area contributed by atoms with Crippen molar-refractivity contribution in [1.82, 2.24) is 15.8 Å². The van der Waals surface area contributed by atoms with Crippen LogP contribution in [0.25, 0.3) is 0 Å². The van der Waals surface area contributed by atoms with Crippen molar-refractivity contribution < 1.29 is 24.0 Å². The fraction of sp³-hybridized carbons (Fsp3) is 0.500. The first kappa shape index (κ1) is 14.0. The second-order valence-electron chi connectivity index (χ2n) is 3.49. The number of carboxylic acid groups (broad SMARTS) is 1. The van der Waals surface area contributed by atoms with Crippen LogP contribution in [0.5, 0.6) is 0 Å². The van der Waals surface area contributed by atoms with Crippen LogP contribution in [-0.2, 0) is 16.1 Å². The molecule has 0 aliphatic rings. The van der Waals surface area contributed by atoms with Crippen molar-refractivity contribution in [3.8, 4) is 0 Å². The van der Waals surface area contributed by atoms with E-state index >= 15 is 0 Å². The molecule has 1 aromatic rings. The van der Waals surface area contributed by atoms with Crippen LogP contribution in [0, 0.1) is 0 Å². The first-order valence-electron chi connectivity index (χ1n) is 5.29. The lowest BCUT2D eigenvalue weighted by Crippen LogP contribution is -2.46. The van der Waals surface area contributed by atoms with Crippen LogP contribution in [0.3, 0.4) is 0 Å². The zero-order valence-electron chi connectivity index (χ0n) is 9.88. The predicted molar refractivity (Wildman–Crippen MR) is 59.8 cm³/mol. The van der Waals surface area contributed by atoms with E-state index in [0.717, 1.165) is 0 Å². The Hall–Kier alpha value is -2.09. The van der Waals surface area contributed by atoms with E-state index in [1.54, 1.807) is 6.07 Å². The van der Waals surface area contributed by atoms with Gasteiger partial charge in [0, 0.05) is 26.2 Å². The number of nitrogens with one attached hydrogen (secondary N) is 2. The van der Waals surface area contributed by atoms with Gasteiger partial charge in [0.05, 0.1) is 6.54 Å². The molecule has 0 fully saturated rings.